The van der Waals surface area contributed by atoms with Crippen molar-refractivity contribution >= 4 is 46.7 Å². The van der Waals surface area contributed by atoms with Crippen molar-refractivity contribution in [1.29, 1.82) is 0 Å². The minimum absolute atomic E-state index is 0.107. The summed E-state index contributed by atoms with van der Waals surface area (Å²) in [5.74, 6) is 0.574. The maximum Gasteiger partial charge on any atom is 0.323 e. The van der Waals surface area contributed by atoms with Gasteiger partial charge in [0.1, 0.15) is 0 Å². The van der Waals surface area contributed by atoms with Crippen LogP contribution < -0.4 is 10.2 Å². The average molecular weight is 478 g/mol. The summed E-state index contributed by atoms with van der Waals surface area (Å²) in [5.41, 5.74) is 5.38. The Balaban J connectivity index is 1.54. The molecular weight excluding hydrogens is 454 g/mol. The molecule has 3 aromatic rings. The minimum atomic E-state index is -1.09. The van der Waals surface area contributed by atoms with E-state index in [9.17, 15) is 9.59 Å². The van der Waals surface area contributed by atoms with E-state index >= 15 is 0 Å². The largest absolute Gasteiger partial charge is 0.323 e. The molecule has 2 aliphatic heterocycles. The fraction of sp³-hybridized carbons (Fsp3) is 0.231. The van der Waals surface area contributed by atoms with Crippen LogP contribution in [0.3, 0.4) is 0 Å². The Kier molecular flexibility index (Phi) is 5.59. The van der Waals surface area contributed by atoms with Crippen molar-refractivity contribution in [2.45, 2.75) is 25.3 Å². The van der Waals surface area contributed by atoms with E-state index in [1.165, 1.54) is 11.8 Å². The van der Waals surface area contributed by atoms with Gasteiger partial charge in [-0.15, -0.1) is 11.8 Å². The van der Waals surface area contributed by atoms with Gasteiger partial charge in [0.2, 0.25) is 0 Å². The van der Waals surface area contributed by atoms with E-state index in [2.05, 4.69) is 5.32 Å². The van der Waals surface area contributed by atoms with E-state index in [1.807, 2.05) is 80.6 Å². The van der Waals surface area contributed by atoms with Gasteiger partial charge < -0.3 is 10.2 Å². The highest BCUT2D eigenvalue weighted by Gasteiger charge is 2.59. The number of thioether (sulfide) groups is 1. The number of nitrogens with one attached hydrogen (secondary N) is 1. The summed E-state index contributed by atoms with van der Waals surface area (Å²) in [6, 6.07) is 21.0. The highest BCUT2D eigenvalue weighted by Crippen LogP contribution is 2.54. The molecule has 1 unspecified atom stereocenters. The zero-order chi connectivity index (χ0) is 23.2. The smallest absolute Gasteiger partial charge is 0.308 e. The fourth-order valence-electron chi connectivity index (χ4n) is 4.60. The number of rotatable bonds is 3. The maximum absolute atomic E-state index is 14.1. The number of amides is 3. The lowest BCUT2D eigenvalue weighted by atomic mass is 10.0. The first-order chi connectivity index (χ1) is 15.9. The molecule has 0 saturated carbocycles. The second-order valence-electron chi connectivity index (χ2n) is 8.45. The van der Waals surface area contributed by atoms with Crippen LogP contribution in [0, 0.1) is 13.8 Å². The zero-order valence-electron chi connectivity index (χ0n) is 18.5. The summed E-state index contributed by atoms with van der Waals surface area (Å²) in [7, 11) is 0. The van der Waals surface area contributed by atoms with Gasteiger partial charge in [-0.05, 0) is 49.2 Å². The predicted molar refractivity (Wildman–Crippen MR) is 135 cm³/mol. The second-order valence-corrected chi connectivity index (χ2v) is 10.1. The van der Waals surface area contributed by atoms with Crippen LogP contribution >= 0.6 is 23.4 Å². The SMILES string of the molecule is Cc1cccc(NC(=O)N2CCSC23C(=O)N(Cc2ccccc2Cl)c2ccc(C)cc23)c1. The summed E-state index contributed by atoms with van der Waals surface area (Å²) in [6.07, 6.45) is 0. The molecule has 0 aliphatic carbocycles. The van der Waals surface area contributed by atoms with Crippen LogP contribution in [0.4, 0.5) is 16.2 Å². The third-order valence-corrected chi connectivity index (χ3v) is 7.94. The van der Waals surface area contributed by atoms with E-state index in [1.54, 1.807) is 9.80 Å². The Bertz CT molecular complexity index is 1260. The van der Waals surface area contributed by atoms with Gasteiger partial charge in [-0.1, -0.05) is 59.6 Å². The Morgan fingerprint density at radius 2 is 1.85 bits per heavy atom. The third-order valence-electron chi connectivity index (χ3n) is 6.15. The molecule has 5 nitrogen and oxygen atoms in total. The molecule has 3 aromatic carbocycles. The van der Waals surface area contributed by atoms with Crippen molar-refractivity contribution in [3.8, 4) is 0 Å². The number of urea groups is 1. The van der Waals surface area contributed by atoms with Gasteiger partial charge in [0.25, 0.3) is 5.91 Å². The van der Waals surface area contributed by atoms with E-state index < -0.39 is 4.87 Å². The van der Waals surface area contributed by atoms with Crippen molar-refractivity contribution in [2.75, 3.05) is 22.5 Å². The molecule has 1 atom stereocenters. The normalized spacial score (nSPS) is 19.3. The first kappa shape index (κ1) is 21.9. The summed E-state index contributed by atoms with van der Waals surface area (Å²) in [4.78, 5) is 29.9. The average Bonchev–Trinajstić information content (AvgIpc) is 3.32. The quantitative estimate of drug-likeness (QED) is 0.508. The molecule has 2 heterocycles. The Morgan fingerprint density at radius 3 is 2.64 bits per heavy atom. The van der Waals surface area contributed by atoms with Crippen LogP contribution in [-0.2, 0) is 16.2 Å². The van der Waals surface area contributed by atoms with Gasteiger partial charge >= 0.3 is 6.03 Å². The number of hydrogen-bond donors (Lipinski definition) is 1. The molecule has 5 rings (SSSR count). The van der Waals surface area contributed by atoms with Gasteiger partial charge in [0.05, 0.1) is 12.2 Å². The van der Waals surface area contributed by atoms with E-state index in [0.29, 0.717) is 23.9 Å². The van der Waals surface area contributed by atoms with Gasteiger partial charge in [-0.25, -0.2) is 4.79 Å². The number of carbonyl (C=O) groups is 2. The molecule has 1 spiro atoms. The first-order valence-corrected chi connectivity index (χ1v) is 12.2. The van der Waals surface area contributed by atoms with Gasteiger partial charge in [0.15, 0.2) is 4.87 Å². The standard InChI is InChI=1S/C26H24ClN3O2S/c1-17-6-5-8-20(14-17)28-25(32)30-12-13-33-26(30)21-15-18(2)10-11-23(21)29(24(26)31)16-19-7-3-4-9-22(19)27/h3-11,14-15H,12-13,16H2,1-2H3,(H,28,32). The molecule has 168 valence electrons. The number of fused-ring (bicyclic) bond motifs is 2. The third kappa shape index (κ3) is 3.67. The van der Waals surface area contributed by atoms with Crippen LogP contribution in [-0.4, -0.2) is 29.1 Å². The van der Waals surface area contributed by atoms with Crippen LogP contribution in [0.15, 0.2) is 66.7 Å². The number of anilines is 2. The molecule has 1 fully saturated rings. The molecule has 0 aromatic heterocycles. The second kappa shape index (κ2) is 8.43. The number of halogens is 1. The minimum Gasteiger partial charge on any atom is -0.308 e. The summed E-state index contributed by atoms with van der Waals surface area (Å²) < 4.78 is 0. The summed E-state index contributed by atoms with van der Waals surface area (Å²) in [6.45, 7) is 4.83. The zero-order valence-corrected chi connectivity index (χ0v) is 20.0. The molecule has 1 N–H and O–H groups in total. The summed E-state index contributed by atoms with van der Waals surface area (Å²) in [5, 5.41) is 3.62. The molecule has 3 amide bonds. The van der Waals surface area contributed by atoms with Gasteiger partial charge in [-0.3, -0.25) is 9.69 Å². The molecule has 0 bridgehead atoms. The number of benzene rings is 3. The molecule has 33 heavy (non-hydrogen) atoms. The number of aryl methyl sites for hydroxylation is 2. The maximum atomic E-state index is 14.1. The van der Waals surface area contributed by atoms with E-state index in [0.717, 1.165) is 33.6 Å². The van der Waals surface area contributed by atoms with Crippen LogP contribution in [0.2, 0.25) is 5.02 Å². The molecule has 0 radical (unpaired) electrons. The lowest BCUT2D eigenvalue weighted by Crippen LogP contribution is -2.51. The Hall–Kier alpha value is -2.96. The number of hydrogen-bond acceptors (Lipinski definition) is 3. The predicted octanol–water partition coefficient (Wildman–Crippen LogP) is 5.94. The van der Waals surface area contributed by atoms with Crippen LogP contribution in [0.1, 0.15) is 22.3 Å². The highest BCUT2D eigenvalue weighted by molar-refractivity contribution is 8.01. The lowest BCUT2D eigenvalue weighted by Gasteiger charge is -2.33. The Labute approximate surface area is 202 Å². The molecule has 1 saturated heterocycles. The lowest BCUT2D eigenvalue weighted by molar-refractivity contribution is -0.123. The van der Waals surface area contributed by atoms with Gasteiger partial charge in [0, 0.05) is 28.6 Å². The van der Waals surface area contributed by atoms with Crippen molar-refractivity contribution in [3.05, 3.63) is 94.0 Å². The Morgan fingerprint density at radius 1 is 1.06 bits per heavy atom. The van der Waals surface area contributed by atoms with Crippen molar-refractivity contribution in [2.24, 2.45) is 0 Å². The fourth-order valence-corrected chi connectivity index (χ4v) is 6.24. The van der Waals surface area contributed by atoms with E-state index in [-0.39, 0.29) is 11.9 Å². The van der Waals surface area contributed by atoms with Crippen molar-refractivity contribution < 1.29 is 9.59 Å². The highest BCUT2D eigenvalue weighted by atomic mass is 35.5. The monoisotopic (exact) mass is 477 g/mol. The van der Waals surface area contributed by atoms with Crippen LogP contribution in [0.5, 0.6) is 0 Å². The first-order valence-electron chi connectivity index (χ1n) is 10.9. The topological polar surface area (TPSA) is 52.7 Å². The molecular formula is C26H24ClN3O2S. The van der Waals surface area contributed by atoms with E-state index in [4.69, 9.17) is 11.6 Å². The van der Waals surface area contributed by atoms with Crippen molar-refractivity contribution in [3.63, 3.8) is 0 Å². The number of carbonyl (C=O) groups excluding carboxylic acids is 2. The van der Waals surface area contributed by atoms with Gasteiger partial charge in [-0.2, -0.15) is 0 Å². The van der Waals surface area contributed by atoms with Crippen LogP contribution in [0.25, 0.3) is 0 Å². The molecule has 2 aliphatic rings. The van der Waals surface area contributed by atoms with Crippen molar-refractivity contribution in [1.82, 2.24) is 4.90 Å². The summed E-state index contributed by atoms with van der Waals surface area (Å²) >= 11 is 7.94. The number of nitrogens with zero attached hydrogens (tertiary/aromatic N) is 2. The molecule has 7 heteroatoms.